The van der Waals surface area contributed by atoms with Crippen molar-refractivity contribution in [3.05, 3.63) is 17.7 Å². The molecular formula is C9H15N3. The number of hydrogen-bond acceptors (Lipinski definition) is 2. The number of imidazole rings is 1. The van der Waals surface area contributed by atoms with Crippen LogP contribution >= 0.6 is 0 Å². The van der Waals surface area contributed by atoms with Crippen molar-refractivity contribution in [3.63, 3.8) is 0 Å². The van der Waals surface area contributed by atoms with E-state index in [2.05, 4.69) is 28.4 Å². The summed E-state index contributed by atoms with van der Waals surface area (Å²) in [6.45, 7) is 5.40. The summed E-state index contributed by atoms with van der Waals surface area (Å²) in [4.78, 5) is 6.71. The number of hydrogen-bond donors (Lipinski definition) is 0. The molecule has 3 nitrogen and oxygen atoms in total. The van der Waals surface area contributed by atoms with Crippen molar-refractivity contribution in [3.8, 4) is 0 Å². The van der Waals surface area contributed by atoms with Crippen LogP contribution in [0.2, 0.25) is 0 Å². The molecule has 1 aliphatic heterocycles. The highest BCUT2D eigenvalue weighted by Gasteiger charge is 2.17. The average molecular weight is 165 g/mol. The molecule has 0 saturated carbocycles. The minimum atomic E-state index is 1.02. The Kier molecular flexibility index (Phi) is 1.89. The third-order valence-corrected chi connectivity index (χ3v) is 2.52. The molecule has 0 unspecified atom stereocenters. The molecule has 2 heterocycles. The molecule has 0 aliphatic carbocycles. The van der Waals surface area contributed by atoms with Crippen molar-refractivity contribution < 1.29 is 0 Å². The van der Waals surface area contributed by atoms with E-state index in [-0.39, 0.29) is 0 Å². The van der Waals surface area contributed by atoms with Crippen molar-refractivity contribution in [1.29, 1.82) is 0 Å². The van der Waals surface area contributed by atoms with Crippen molar-refractivity contribution in [2.75, 3.05) is 13.6 Å². The Labute approximate surface area is 73.0 Å². The predicted octanol–water partition coefficient (Wildman–Crippen LogP) is 0.891. The number of nitrogens with zero attached hydrogens (tertiary/aromatic N) is 3. The van der Waals surface area contributed by atoms with Crippen LogP contribution in [0, 0.1) is 0 Å². The number of rotatable bonds is 1. The van der Waals surface area contributed by atoms with Gasteiger partial charge in [-0.1, -0.05) is 0 Å². The van der Waals surface area contributed by atoms with Crippen molar-refractivity contribution >= 4 is 0 Å². The summed E-state index contributed by atoms with van der Waals surface area (Å²) < 4.78 is 2.25. The van der Waals surface area contributed by atoms with Gasteiger partial charge in [0, 0.05) is 31.7 Å². The molecule has 12 heavy (non-hydrogen) atoms. The lowest BCUT2D eigenvalue weighted by Crippen LogP contribution is -2.27. The highest BCUT2D eigenvalue weighted by Crippen LogP contribution is 2.15. The molecule has 0 fully saturated rings. The first-order valence-electron chi connectivity index (χ1n) is 4.52. The molecule has 0 bridgehead atoms. The van der Waals surface area contributed by atoms with Crippen LogP contribution in [0.1, 0.15) is 18.3 Å². The third-order valence-electron chi connectivity index (χ3n) is 2.52. The minimum absolute atomic E-state index is 1.02. The van der Waals surface area contributed by atoms with Crippen LogP contribution in [0.25, 0.3) is 0 Å². The van der Waals surface area contributed by atoms with Gasteiger partial charge in [-0.2, -0.15) is 0 Å². The van der Waals surface area contributed by atoms with Gasteiger partial charge in [0.2, 0.25) is 0 Å². The highest BCUT2D eigenvalue weighted by atomic mass is 15.2. The summed E-state index contributed by atoms with van der Waals surface area (Å²) in [5.74, 6) is 0. The van der Waals surface area contributed by atoms with Crippen LogP contribution in [0.5, 0.6) is 0 Å². The molecule has 0 atom stereocenters. The van der Waals surface area contributed by atoms with Crippen LogP contribution in [0.3, 0.4) is 0 Å². The van der Waals surface area contributed by atoms with Crippen LogP contribution in [-0.4, -0.2) is 28.0 Å². The van der Waals surface area contributed by atoms with Gasteiger partial charge >= 0.3 is 0 Å². The number of aromatic nitrogens is 2. The maximum absolute atomic E-state index is 4.40. The van der Waals surface area contributed by atoms with Crippen molar-refractivity contribution in [2.24, 2.45) is 0 Å². The van der Waals surface area contributed by atoms with Crippen molar-refractivity contribution in [1.82, 2.24) is 14.5 Å². The van der Waals surface area contributed by atoms with Crippen molar-refractivity contribution in [2.45, 2.75) is 26.4 Å². The smallest absolute Gasteiger partial charge is 0.0952 e. The molecule has 3 heteroatoms. The molecule has 1 aromatic rings. The van der Waals surface area contributed by atoms with Gasteiger partial charge in [-0.25, -0.2) is 4.98 Å². The topological polar surface area (TPSA) is 21.1 Å². The molecular weight excluding hydrogens is 150 g/mol. The Morgan fingerprint density at radius 3 is 3.17 bits per heavy atom. The van der Waals surface area contributed by atoms with E-state index in [1.54, 1.807) is 0 Å². The van der Waals surface area contributed by atoms with Gasteiger partial charge in [0.15, 0.2) is 0 Å². The van der Waals surface area contributed by atoms with E-state index in [9.17, 15) is 0 Å². The number of aryl methyl sites for hydroxylation is 1. The second-order valence-corrected chi connectivity index (χ2v) is 3.41. The quantitative estimate of drug-likeness (QED) is 0.616. The van der Waals surface area contributed by atoms with Crippen LogP contribution in [0.15, 0.2) is 6.33 Å². The standard InChI is InChI=1S/C9H15N3/c1-3-12-7-10-8-6-11(2)5-4-9(8)12/h7H,3-6H2,1-2H3. The van der Waals surface area contributed by atoms with Crippen LogP contribution < -0.4 is 0 Å². The fourth-order valence-electron chi connectivity index (χ4n) is 1.77. The summed E-state index contributed by atoms with van der Waals surface area (Å²) in [5, 5.41) is 0. The summed E-state index contributed by atoms with van der Waals surface area (Å²) in [7, 11) is 2.15. The SMILES string of the molecule is CCn1cnc2c1CCN(C)C2. The Morgan fingerprint density at radius 1 is 1.58 bits per heavy atom. The summed E-state index contributed by atoms with van der Waals surface area (Å²) in [5.41, 5.74) is 2.71. The number of fused-ring (bicyclic) bond motifs is 1. The molecule has 2 rings (SSSR count). The Morgan fingerprint density at radius 2 is 2.42 bits per heavy atom. The van der Waals surface area contributed by atoms with Gasteiger partial charge in [-0.05, 0) is 14.0 Å². The van der Waals surface area contributed by atoms with E-state index in [0.29, 0.717) is 0 Å². The predicted molar refractivity (Wildman–Crippen MR) is 47.9 cm³/mol. The van der Waals surface area contributed by atoms with Gasteiger partial charge in [0.25, 0.3) is 0 Å². The zero-order valence-electron chi connectivity index (χ0n) is 7.75. The summed E-state index contributed by atoms with van der Waals surface area (Å²) >= 11 is 0. The molecule has 0 saturated heterocycles. The molecule has 0 N–H and O–H groups in total. The van der Waals surface area contributed by atoms with E-state index in [0.717, 1.165) is 19.5 Å². The normalized spacial score (nSPS) is 17.8. The van der Waals surface area contributed by atoms with E-state index >= 15 is 0 Å². The molecule has 0 amide bonds. The first kappa shape index (κ1) is 7.80. The van der Waals surface area contributed by atoms with Gasteiger partial charge in [0.1, 0.15) is 0 Å². The van der Waals surface area contributed by atoms with E-state index in [4.69, 9.17) is 0 Å². The van der Waals surface area contributed by atoms with Gasteiger partial charge in [-0.3, -0.25) is 0 Å². The zero-order valence-corrected chi connectivity index (χ0v) is 7.75. The van der Waals surface area contributed by atoms with E-state index in [1.165, 1.54) is 17.9 Å². The fourth-order valence-corrected chi connectivity index (χ4v) is 1.77. The van der Waals surface area contributed by atoms with E-state index < -0.39 is 0 Å². The Hall–Kier alpha value is -0.830. The summed E-state index contributed by atoms with van der Waals surface area (Å²) in [6.07, 6.45) is 3.11. The largest absolute Gasteiger partial charge is 0.334 e. The maximum atomic E-state index is 4.40. The molecule has 1 aromatic heterocycles. The van der Waals surface area contributed by atoms with Crippen LogP contribution in [-0.2, 0) is 19.5 Å². The Balaban J connectivity index is 2.32. The van der Waals surface area contributed by atoms with Gasteiger partial charge in [0.05, 0.1) is 12.0 Å². The lowest BCUT2D eigenvalue weighted by molar-refractivity contribution is 0.304. The molecule has 0 spiro atoms. The first-order valence-corrected chi connectivity index (χ1v) is 4.52. The maximum Gasteiger partial charge on any atom is 0.0952 e. The van der Waals surface area contributed by atoms with Gasteiger partial charge in [-0.15, -0.1) is 0 Å². The van der Waals surface area contributed by atoms with E-state index in [1.807, 2.05) is 6.33 Å². The first-order chi connectivity index (χ1) is 5.81. The average Bonchev–Trinajstić information content (AvgIpc) is 2.46. The second kappa shape index (κ2) is 2.90. The van der Waals surface area contributed by atoms with Crippen LogP contribution in [0.4, 0.5) is 0 Å². The monoisotopic (exact) mass is 165 g/mol. The lowest BCUT2D eigenvalue weighted by atomic mass is 10.1. The fraction of sp³-hybridized carbons (Fsp3) is 0.667. The molecule has 66 valence electrons. The lowest BCUT2D eigenvalue weighted by Gasteiger charge is -2.22. The van der Waals surface area contributed by atoms with Gasteiger partial charge < -0.3 is 9.47 Å². The molecule has 0 aromatic carbocycles. The number of likely N-dealkylation sites (N-methyl/N-ethyl adjacent to an activating group) is 1. The highest BCUT2D eigenvalue weighted by molar-refractivity contribution is 5.16. The Bertz CT molecular complexity index is 277. The zero-order chi connectivity index (χ0) is 8.55. The molecule has 0 radical (unpaired) electrons. The summed E-state index contributed by atoms with van der Waals surface area (Å²) in [6, 6.07) is 0. The second-order valence-electron chi connectivity index (χ2n) is 3.41. The molecule has 1 aliphatic rings. The third kappa shape index (κ3) is 1.14. The minimum Gasteiger partial charge on any atom is -0.334 e.